The number of hydrogen-bond acceptors (Lipinski definition) is 4. The zero-order valence-corrected chi connectivity index (χ0v) is 8.58. The van der Waals surface area contributed by atoms with Gasteiger partial charge in [-0.05, 0) is 36.4 Å². The summed E-state index contributed by atoms with van der Waals surface area (Å²) in [7, 11) is 0. The van der Waals surface area contributed by atoms with Gasteiger partial charge in [0.05, 0.1) is 5.69 Å². The van der Waals surface area contributed by atoms with Crippen LogP contribution >= 0.6 is 0 Å². The summed E-state index contributed by atoms with van der Waals surface area (Å²) in [6, 6.07) is 9.08. The SMILES string of the molecule is Oc1nnc2ccc(-c3ccc(F)cc3)nn12. The van der Waals surface area contributed by atoms with Gasteiger partial charge in [-0.3, -0.25) is 0 Å². The number of rotatable bonds is 1. The second-order valence-electron chi connectivity index (χ2n) is 3.50. The van der Waals surface area contributed by atoms with E-state index >= 15 is 0 Å². The van der Waals surface area contributed by atoms with Gasteiger partial charge in [-0.15, -0.1) is 5.10 Å². The van der Waals surface area contributed by atoms with Crippen LogP contribution in [0.2, 0.25) is 0 Å². The number of halogens is 1. The van der Waals surface area contributed by atoms with E-state index in [2.05, 4.69) is 15.3 Å². The van der Waals surface area contributed by atoms with Crippen LogP contribution < -0.4 is 0 Å². The molecule has 1 aromatic carbocycles. The Morgan fingerprint density at radius 3 is 2.53 bits per heavy atom. The summed E-state index contributed by atoms with van der Waals surface area (Å²) in [5.41, 5.74) is 1.81. The molecule has 5 nitrogen and oxygen atoms in total. The number of nitrogens with zero attached hydrogens (tertiary/aromatic N) is 4. The number of aromatic nitrogens is 4. The third-order valence-electron chi connectivity index (χ3n) is 2.39. The number of aromatic hydroxyl groups is 1. The maximum absolute atomic E-state index is 12.8. The summed E-state index contributed by atoms with van der Waals surface area (Å²) in [4.78, 5) is 0. The third-order valence-corrected chi connectivity index (χ3v) is 2.39. The molecule has 2 heterocycles. The fraction of sp³-hybridized carbons (Fsp3) is 0. The fourth-order valence-corrected chi connectivity index (χ4v) is 1.55. The lowest BCUT2D eigenvalue weighted by molar-refractivity contribution is 0.416. The van der Waals surface area contributed by atoms with Gasteiger partial charge in [0.2, 0.25) is 0 Å². The van der Waals surface area contributed by atoms with Crippen molar-refractivity contribution < 1.29 is 9.50 Å². The van der Waals surface area contributed by atoms with Crippen molar-refractivity contribution in [1.29, 1.82) is 0 Å². The summed E-state index contributed by atoms with van der Waals surface area (Å²) >= 11 is 0. The largest absolute Gasteiger partial charge is 0.478 e. The molecule has 0 aliphatic carbocycles. The molecule has 0 amide bonds. The van der Waals surface area contributed by atoms with Crippen molar-refractivity contribution in [1.82, 2.24) is 19.8 Å². The first kappa shape index (κ1) is 9.71. The van der Waals surface area contributed by atoms with Gasteiger partial charge in [0, 0.05) is 5.56 Å². The monoisotopic (exact) mass is 230 g/mol. The van der Waals surface area contributed by atoms with Crippen LogP contribution in [0.4, 0.5) is 4.39 Å². The predicted molar refractivity (Wildman–Crippen MR) is 57.8 cm³/mol. The van der Waals surface area contributed by atoms with Gasteiger partial charge in [-0.1, -0.05) is 5.10 Å². The fourth-order valence-electron chi connectivity index (χ4n) is 1.55. The molecular formula is C11H7FN4O. The Kier molecular flexibility index (Phi) is 2.01. The first-order valence-electron chi connectivity index (χ1n) is 4.91. The minimum atomic E-state index is -0.304. The topological polar surface area (TPSA) is 63.3 Å². The molecule has 3 rings (SSSR count). The van der Waals surface area contributed by atoms with Crippen molar-refractivity contribution in [3.63, 3.8) is 0 Å². The smallest absolute Gasteiger partial charge is 0.336 e. The summed E-state index contributed by atoms with van der Waals surface area (Å²) < 4.78 is 14.0. The third kappa shape index (κ3) is 1.59. The number of hydrogen-bond donors (Lipinski definition) is 1. The van der Waals surface area contributed by atoms with Crippen LogP contribution in [-0.2, 0) is 0 Å². The highest BCUT2D eigenvalue weighted by molar-refractivity contribution is 5.60. The maximum atomic E-state index is 12.8. The van der Waals surface area contributed by atoms with Gasteiger partial charge in [-0.2, -0.15) is 9.61 Å². The van der Waals surface area contributed by atoms with Crippen LogP contribution in [0.5, 0.6) is 6.01 Å². The van der Waals surface area contributed by atoms with E-state index in [9.17, 15) is 9.50 Å². The van der Waals surface area contributed by atoms with E-state index in [-0.39, 0.29) is 11.8 Å². The lowest BCUT2D eigenvalue weighted by Crippen LogP contribution is -1.94. The molecule has 0 saturated carbocycles. The molecule has 0 spiro atoms. The first-order valence-corrected chi connectivity index (χ1v) is 4.91. The van der Waals surface area contributed by atoms with Crippen LogP contribution in [0.25, 0.3) is 16.9 Å². The highest BCUT2D eigenvalue weighted by Gasteiger charge is 2.06. The second kappa shape index (κ2) is 3.51. The molecular weight excluding hydrogens is 223 g/mol. The van der Waals surface area contributed by atoms with Crippen molar-refractivity contribution in [2.24, 2.45) is 0 Å². The molecule has 1 N–H and O–H groups in total. The average molecular weight is 230 g/mol. The van der Waals surface area contributed by atoms with Gasteiger partial charge in [0.1, 0.15) is 5.82 Å². The van der Waals surface area contributed by atoms with Crippen LogP contribution in [0.3, 0.4) is 0 Å². The standard InChI is InChI=1S/C11H7FN4O/c12-8-3-1-7(2-4-8)9-5-6-10-13-14-11(17)16(10)15-9/h1-6H,(H,14,17). The van der Waals surface area contributed by atoms with E-state index in [1.807, 2.05) is 0 Å². The minimum Gasteiger partial charge on any atom is -0.478 e. The molecule has 0 saturated heterocycles. The van der Waals surface area contributed by atoms with E-state index in [0.717, 1.165) is 5.56 Å². The van der Waals surface area contributed by atoms with Crippen molar-refractivity contribution >= 4 is 5.65 Å². The lowest BCUT2D eigenvalue weighted by atomic mass is 10.1. The lowest BCUT2D eigenvalue weighted by Gasteiger charge is -2.01. The summed E-state index contributed by atoms with van der Waals surface area (Å²) in [6.07, 6.45) is 0. The molecule has 0 aliphatic rings. The number of fused-ring (bicyclic) bond motifs is 1. The first-order chi connectivity index (χ1) is 8.24. The summed E-state index contributed by atoms with van der Waals surface area (Å²) in [6.45, 7) is 0. The molecule has 0 atom stereocenters. The molecule has 0 bridgehead atoms. The molecule has 0 unspecified atom stereocenters. The van der Waals surface area contributed by atoms with Crippen molar-refractivity contribution in [2.45, 2.75) is 0 Å². The van der Waals surface area contributed by atoms with Gasteiger partial charge >= 0.3 is 6.01 Å². The van der Waals surface area contributed by atoms with Gasteiger partial charge in [-0.25, -0.2) is 4.39 Å². The zero-order valence-electron chi connectivity index (χ0n) is 8.58. The van der Waals surface area contributed by atoms with E-state index in [1.54, 1.807) is 24.3 Å². The van der Waals surface area contributed by atoms with E-state index in [0.29, 0.717) is 11.3 Å². The maximum Gasteiger partial charge on any atom is 0.336 e. The molecule has 0 aliphatic heterocycles. The van der Waals surface area contributed by atoms with Gasteiger partial charge in [0.15, 0.2) is 5.65 Å². The summed E-state index contributed by atoms with van der Waals surface area (Å²) in [5.74, 6) is -0.304. The van der Waals surface area contributed by atoms with Crippen molar-refractivity contribution in [3.8, 4) is 17.3 Å². The average Bonchev–Trinajstić information content (AvgIpc) is 2.72. The highest BCUT2D eigenvalue weighted by atomic mass is 19.1. The van der Waals surface area contributed by atoms with Gasteiger partial charge in [0.25, 0.3) is 0 Å². The van der Waals surface area contributed by atoms with Crippen LogP contribution in [0.1, 0.15) is 0 Å². The Bertz CT molecular complexity index is 678. The zero-order chi connectivity index (χ0) is 11.8. The Morgan fingerprint density at radius 2 is 1.76 bits per heavy atom. The molecule has 84 valence electrons. The van der Waals surface area contributed by atoms with Crippen molar-refractivity contribution in [3.05, 3.63) is 42.2 Å². The Labute approximate surface area is 95.2 Å². The Hall–Kier alpha value is -2.50. The van der Waals surface area contributed by atoms with Crippen LogP contribution in [0, 0.1) is 5.82 Å². The van der Waals surface area contributed by atoms with E-state index < -0.39 is 0 Å². The Balaban J connectivity index is 2.17. The van der Waals surface area contributed by atoms with Gasteiger partial charge < -0.3 is 5.11 Å². The minimum absolute atomic E-state index is 0.274. The van der Waals surface area contributed by atoms with Crippen LogP contribution in [-0.4, -0.2) is 24.9 Å². The van der Waals surface area contributed by atoms with Crippen LogP contribution in [0.15, 0.2) is 36.4 Å². The van der Waals surface area contributed by atoms with Crippen molar-refractivity contribution in [2.75, 3.05) is 0 Å². The molecule has 3 aromatic rings. The highest BCUT2D eigenvalue weighted by Crippen LogP contribution is 2.18. The normalized spacial score (nSPS) is 10.9. The second-order valence-corrected chi connectivity index (χ2v) is 3.50. The molecule has 17 heavy (non-hydrogen) atoms. The quantitative estimate of drug-likeness (QED) is 0.690. The summed E-state index contributed by atoms with van der Waals surface area (Å²) in [5, 5.41) is 20.7. The molecule has 2 aromatic heterocycles. The molecule has 0 radical (unpaired) electrons. The Morgan fingerprint density at radius 1 is 1.00 bits per heavy atom. The molecule has 0 fully saturated rings. The predicted octanol–water partition coefficient (Wildman–Crippen LogP) is 1.64. The number of benzene rings is 1. The molecule has 6 heteroatoms. The van der Waals surface area contributed by atoms with E-state index in [1.165, 1.54) is 16.6 Å². The van der Waals surface area contributed by atoms with E-state index in [4.69, 9.17) is 0 Å².